The highest BCUT2D eigenvalue weighted by atomic mass is 32.1. The lowest BCUT2D eigenvalue weighted by atomic mass is 9.97. The van der Waals surface area contributed by atoms with E-state index in [1.54, 1.807) is 11.5 Å². The molecule has 0 amide bonds. The van der Waals surface area contributed by atoms with Crippen molar-refractivity contribution in [3.8, 4) is 0 Å². The van der Waals surface area contributed by atoms with Crippen LogP contribution < -0.4 is 14.9 Å². The van der Waals surface area contributed by atoms with E-state index in [4.69, 9.17) is 9.73 Å². The molecule has 0 fully saturated rings. The molecule has 0 bridgehead atoms. The van der Waals surface area contributed by atoms with Crippen LogP contribution in [0.3, 0.4) is 0 Å². The number of rotatable bonds is 5. The van der Waals surface area contributed by atoms with Gasteiger partial charge in [-0.3, -0.25) is 9.36 Å². The van der Waals surface area contributed by atoms with Gasteiger partial charge in [-0.15, -0.1) is 11.3 Å². The predicted octanol–water partition coefficient (Wildman–Crippen LogP) is 4.00. The highest BCUT2D eigenvalue weighted by Crippen LogP contribution is 2.36. The Bertz CT molecular complexity index is 1500. The number of esters is 1. The van der Waals surface area contributed by atoms with Gasteiger partial charge < -0.3 is 4.74 Å². The van der Waals surface area contributed by atoms with Crippen LogP contribution in [0.1, 0.15) is 29.0 Å². The van der Waals surface area contributed by atoms with Gasteiger partial charge in [0.2, 0.25) is 0 Å². The minimum Gasteiger partial charge on any atom is -0.463 e. The van der Waals surface area contributed by atoms with Crippen molar-refractivity contribution in [2.75, 3.05) is 6.61 Å². The summed E-state index contributed by atoms with van der Waals surface area (Å²) in [6.45, 7) is 2.01. The Morgan fingerprint density at radius 2 is 1.79 bits per heavy atom. The molecule has 5 nitrogen and oxygen atoms in total. The van der Waals surface area contributed by atoms with Crippen molar-refractivity contribution < 1.29 is 9.53 Å². The van der Waals surface area contributed by atoms with Crippen LogP contribution in [0.5, 0.6) is 0 Å². The third-order valence-corrected chi connectivity index (χ3v) is 7.19. The number of hydrogen-bond donors (Lipinski definition) is 0. The quantitative estimate of drug-likeness (QED) is 0.413. The average molecular weight is 473 g/mol. The Kier molecular flexibility index (Phi) is 5.90. The fourth-order valence-corrected chi connectivity index (χ4v) is 5.68. The lowest BCUT2D eigenvalue weighted by Crippen LogP contribution is -2.39. The van der Waals surface area contributed by atoms with E-state index in [9.17, 15) is 9.59 Å². The molecule has 1 atom stereocenters. The molecule has 1 aliphatic rings. The van der Waals surface area contributed by atoms with Crippen LogP contribution in [-0.2, 0) is 9.53 Å². The van der Waals surface area contributed by atoms with Crippen molar-refractivity contribution in [1.82, 2.24) is 4.57 Å². The Labute approximate surface area is 198 Å². The van der Waals surface area contributed by atoms with Crippen molar-refractivity contribution in [2.24, 2.45) is 4.99 Å². The first-order valence-electron chi connectivity index (χ1n) is 10.5. The lowest BCUT2D eigenvalue weighted by Gasteiger charge is -2.24. The highest BCUT2D eigenvalue weighted by molar-refractivity contribution is 7.10. The zero-order valence-electron chi connectivity index (χ0n) is 17.8. The molecule has 4 aromatic rings. The van der Waals surface area contributed by atoms with Gasteiger partial charge in [0.05, 0.1) is 22.4 Å². The van der Waals surface area contributed by atoms with E-state index in [1.807, 2.05) is 84.3 Å². The number of hydrogen-bond acceptors (Lipinski definition) is 6. The lowest BCUT2D eigenvalue weighted by molar-refractivity contribution is -0.138. The van der Waals surface area contributed by atoms with Gasteiger partial charge in [-0.1, -0.05) is 78.1 Å². The molecule has 0 N–H and O–H groups in total. The first-order chi connectivity index (χ1) is 16.2. The van der Waals surface area contributed by atoms with Gasteiger partial charge in [-0.2, -0.15) is 0 Å². The van der Waals surface area contributed by atoms with Crippen LogP contribution in [0.25, 0.3) is 11.8 Å². The summed E-state index contributed by atoms with van der Waals surface area (Å²) in [5.41, 5.74) is 2.49. The number of carbonyl (C=O) groups is 1. The van der Waals surface area contributed by atoms with E-state index in [2.05, 4.69) is 0 Å². The van der Waals surface area contributed by atoms with E-state index in [0.29, 0.717) is 20.6 Å². The maximum Gasteiger partial charge on any atom is 0.338 e. The van der Waals surface area contributed by atoms with Crippen LogP contribution in [0, 0.1) is 0 Å². The van der Waals surface area contributed by atoms with Crippen molar-refractivity contribution in [2.45, 2.75) is 13.0 Å². The fourth-order valence-electron chi connectivity index (χ4n) is 3.86. The molecule has 33 heavy (non-hydrogen) atoms. The molecule has 2 aromatic heterocycles. The molecule has 0 aliphatic carbocycles. The third-order valence-electron chi connectivity index (χ3n) is 5.28. The van der Waals surface area contributed by atoms with E-state index < -0.39 is 12.0 Å². The van der Waals surface area contributed by atoms with Gasteiger partial charge in [-0.05, 0) is 30.0 Å². The number of thiazole rings is 1. The minimum absolute atomic E-state index is 0.171. The van der Waals surface area contributed by atoms with Crippen LogP contribution in [0.15, 0.2) is 93.5 Å². The van der Waals surface area contributed by atoms with Crippen LogP contribution in [-0.4, -0.2) is 17.1 Å². The molecule has 3 heterocycles. The maximum absolute atomic E-state index is 13.6. The van der Waals surface area contributed by atoms with Crippen molar-refractivity contribution in [3.05, 3.63) is 119 Å². The molecule has 5 rings (SSSR count). The van der Waals surface area contributed by atoms with Gasteiger partial charge in [0.1, 0.15) is 6.04 Å². The summed E-state index contributed by atoms with van der Waals surface area (Å²) in [5, 5.41) is 1.94. The molecule has 1 unspecified atom stereocenters. The molecular formula is C26H20N2O3S2. The smallest absolute Gasteiger partial charge is 0.338 e. The normalized spacial score (nSPS) is 15.8. The number of benzene rings is 2. The second-order valence-electron chi connectivity index (χ2n) is 7.36. The summed E-state index contributed by atoms with van der Waals surface area (Å²) in [5.74, 6) is -0.462. The molecule has 0 spiro atoms. The van der Waals surface area contributed by atoms with E-state index in [-0.39, 0.29) is 12.2 Å². The SMILES string of the molecule is CCOC(=O)C1=C(c2ccccc2)N=c2sc(=Cc3ccccc3)c(=O)n2C1c1cccs1. The number of fused-ring (bicyclic) bond motifs is 1. The fraction of sp³-hybridized carbons (Fsp3) is 0.115. The summed E-state index contributed by atoms with van der Waals surface area (Å²) < 4.78 is 7.64. The van der Waals surface area contributed by atoms with Crippen molar-refractivity contribution in [1.29, 1.82) is 0 Å². The summed E-state index contributed by atoms with van der Waals surface area (Å²) in [7, 11) is 0. The highest BCUT2D eigenvalue weighted by Gasteiger charge is 2.35. The average Bonchev–Trinajstić information content (AvgIpc) is 3.48. The number of nitrogens with zero attached hydrogens (tertiary/aromatic N) is 2. The monoisotopic (exact) mass is 472 g/mol. The van der Waals surface area contributed by atoms with Crippen LogP contribution >= 0.6 is 22.7 Å². The number of thiophene rings is 1. The molecule has 0 radical (unpaired) electrons. The largest absolute Gasteiger partial charge is 0.463 e. The molecule has 2 aromatic carbocycles. The maximum atomic E-state index is 13.6. The Balaban J connectivity index is 1.82. The summed E-state index contributed by atoms with van der Waals surface area (Å²) in [6.07, 6.45) is 1.87. The molecule has 0 saturated carbocycles. The number of carbonyl (C=O) groups excluding carboxylic acids is 1. The second-order valence-corrected chi connectivity index (χ2v) is 9.35. The predicted molar refractivity (Wildman–Crippen MR) is 132 cm³/mol. The summed E-state index contributed by atoms with van der Waals surface area (Å²) in [6, 6.07) is 22.5. The second kappa shape index (κ2) is 9.13. The standard InChI is InChI=1S/C26H20N2O3S2/c1-2-31-25(30)21-22(18-12-7-4-8-13-18)27-26-28(23(21)19-14-9-15-32-19)24(29)20(33-26)16-17-10-5-3-6-11-17/h3-16,23H,2H2,1H3. The van der Waals surface area contributed by atoms with Gasteiger partial charge in [0.15, 0.2) is 4.80 Å². The van der Waals surface area contributed by atoms with E-state index in [0.717, 1.165) is 16.0 Å². The van der Waals surface area contributed by atoms with Crippen molar-refractivity contribution >= 4 is 40.4 Å². The van der Waals surface area contributed by atoms with E-state index >= 15 is 0 Å². The third kappa shape index (κ3) is 4.01. The first-order valence-corrected chi connectivity index (χ1v) is 12.2. The Hall–Kier alpha value is -3.55. The molecule has 7 heteroatoms. The first kappa shape index (κ1) is 21.3. The molecule has 1 aliphatic heterocycles. The molecular weight excluding hydrogens is 452 g/mol. The molecule has 0 saturated heterocycles. The van der Waals surface area contributed by atoms with Gasteiger partial charge in [0.25, 0.3) is 5.56 Å². The zero-order valence-corrected chi connectivity index (χ0v) is 19.4. The van der Waals surface area contributed by atoms with Crippen LogP contribution in [0.4, 0.5) is 0 Å². The number of aromatic nitrogens is 1. The van der Waals surface area contributed by atoms with Crippen molar-refractivity contribution in [3.63, 3.8) is 0 Å². The zero-order chi connectivity index (χ0) is 22.8. The summed E-state index contributed by atoms with van der Waals surface area (Å²) >= 11 is 2.83. The number of ether oxygens (including phenoxy) is 1. The van der Waals surface area contributed by atoms with Gasteiger partial charge >= 0.3 is 5.97 Å². The molecule has 164 valence electrons. The van der Waals surface area contributed by atoms with Gasteiger partial charge in [-0.25, -0.2) is 9.79 Å². The van der Waals surface area contributed by atoms with E-state index in [1.165, 1.54) is 22.7 Å². The Morgan fingerprint density at radius 1 is 1.06 bits per heavy atom. The van der Waals surface area contributed by atoms with Crippen LogP contribution in [0.2, 0.25) is 0 Å². The minimum atomic E-state index is -0.603. The van der Waals surface area contributed by atoms with Gasteiger partial charge in [0, 0.05) is 10.4 Å². The summed E-state index contributed by atoms with van der Waals surface area (Å²) in [4.78, 5) is 33.1. The Morgan fingerprint density at radius 3 is 2.45 bits per heavy atom. The topological polar surface area (TPSA) is 60.7 Å².